The number of rotatable bonds is 6. The van der Waals surface area contributed by atoms with E-state index in [1.807, 2.05) is 56.3 Å². The first-order valence-electron chi connectivity index (χ1n) is 6.77. The Morgan fingerprint density at radius 2 is 1.85 bits per heavy atom. The molecule has 0 amide bonds. The van der Waals surface area contributed by atoms with Gasteiger partial charge in [0.15, 0.2) is 6.79 Å². The predicted molar refractivity (Wildman–Crippen MR) is 80.5 cm³/mol. The molecule has 2 aromatic rings. The number of hydrogen-bond donors (Lipinski definition) is 1. The highest BCUT2D eigenvalue weighted by Crippen LogP contribution is 2.25. The van der Waals surface area contributed by atoms with E-state index in [0.29, 0.717) is 6.61 Å². The second-order valence-corrected chi connectivity index (χ2v) is 4.93. The molecule has 2 N–H and O–H groups in total. The third-order valence-electron chi connectivity index (χ3n) is 3.07. The molecule has 0 radical (unpaired) electrons. The zero-order chi connectivity index (χ0) is 14.4. The van der Waals surface area contributed by atoms with Crippen LogP contribution in [0.25, 0.3) is 0 Å². The maximum atomic E-state index is 5.96. The van der Waals surface area contributed by atoms with Crippen LogP contribution in [0.2, 0.25) is 0 Å². The molecule has 0 aliphatic rings. The van der Waals surface area contributed by atoms with Gasteiger partial charge in [0, 0.05) is 11.6 Å². The van der Waals surface area contributed by atoms with Crippen molar-refractivity contribution in [1.29, 1.82) is 0 Å². The van der Waals surface area contributed by atoms with Gasteiger partial charge >= 0.3 is 0 Å². The van der Waals surface area contributed by atoms with Crippen molar-refractivity contribution in [3.8, 4) is 5.75 Å². The van der Waals surface area contributed by atoms with Crippen LogP contribution in [0.15, 0.2) is 48.5 Å². The Hall–Kier alpha value is -1.84. The van der Waals surface area contributed by atoms with Gasteiger partial charge in [-0.3, -0.25) is 0 Å². The summed E-state index contributed by atoms with van der Waals surface area (Å²) < 4.78 is 11.2. The van der Waals surface area contributed by atoms with E-state index in [1.54, 1.807) is 0 Å². The molecular formula is C17H21NO2. The molecule has 3 nitrogen and oxygen atoms in total. The van der Waals surface area contributed by atoms with E-state index in [9.17, 15) is 0 Å². The molecule has 0 bridgehead atoms. The lowest BCUT2D eigenvalue weighted by atomic mass is 10.1. The van der Waals surface area contributed by atoms with Crippen LogP contribution >= 0.6 is 0 Å². The molecule has 0 heterocycles. The van der Waals surface area contributed by atoms with Crippen molar-refractivity contribution in [2.24, 2.45) is 5.73 Å². The smallest absolute Gasteiger partial charge is 0.189 e. The zero-order valence-electron chi connectivity index (χ0n) is 12.0. The lowest BCUT2D eigenvalue weighted by Gasteiger charge is -2.15. The molecule has 0 spiro atoms. The summed E-state index contributed by atoms with van der Waals surface area (Å²) in [5, 5.41) is 0. The largest absolute Gasteiger partial charge is 0.467 e. The third-order valence-corrected chi connectivity index (χ3v) is 3.07. The molecule has 2 aromatic carbocycles. The average Bonchev–Trinajstić information content (AvgIpc) is 2.45. The molecule has 0 saturated heterocycles. The van der Waals surface area contributed by atoms with Crippen molar-refractivity contribution in [2.75, 3.05) is 6.79 Å². The Bertz CT molecular complexity index is 538. The van der Waals surface area contributed by atoms with E-state index in [-0.39, 0.29) is 12.8 Å². The third kappa shape index (κ3) is 4.08. The van der Waals surface area contributed by atoms with Gasteiger partial charge < -0.3 is 15.2 Å². The topological polar surface area (TPSA) is 44.5 Å². The van der Waals surface area contributed by atoms with Gasteiger partial charge in [-0.25, -0.2) is 0 Å². The number of aryl methyl sites for hydroxylation is 1. The summed E-state index contributed by atoms with van der Waals surface area (Å²) in [6.45, 7) is 4.76. The molecule has 0 aliphatic heterocycles. The van der Waals surface area contributed by atoms with Gasteiger partial charge in [0.25, 0.3) is 0 Å². The van der Waals surface area contributed by atoms with Crippen molar-refractivity contribution in [1.82, 2.24) is 0 Å². The normalized spacial score (nSPS) is 12.2. The van der Waals surface area contributed by atoms with Crippen LogP contribution in [0.3, 0.4) is 0 Å². The van der Waals surface area contributed by atoms with E-state index >= 15 is 0 Å². The van der Waals surface area contributed by atoms with Gasteiger partial charge in [0.1, 0.15) is 5.75 Å². The van der Waals surface area contributed by atoms with Crippen molar-refractivity contribution >= 4 is 0 Å². The average molecular weight is 271 g/mol. The van der Waals surface area contributed by atoms with Crippen LogP contribution in [0.1, 0.15) is 29.7 Å². The summed E-state index contributed by atoms with van der Waals surface area (Å²) in [5.74, 6) is 0.790. The van der Waals surface area contributed by atoms with Gasteiger partial charge in [0.05, 0.1) is 6.61 Å². The van der Waals surface area contributed by atoms with Crippen LogP contribution in [-0.2, 0) is 11.3 Å². The minimum atomic E-state index is -0.0565. The van der Waals surface area contributed by atoms with Gasteiger partial charge in [-0.1, -0.05) is 48.0 Å². The first-order valence-corrected chi connectivity index (χ1v) is 6.77. The summed E-state index contributed by atoms with van der Waals surface area (Å²) in [4.78, 5) is 0. The van der Waals surface area contributed by atoms with Crippen molar-refractivity contribution < 1.29 is 9.47 Å². The van der Waals surface area contributed by atoms with Crippen molar-refractivity contribution in [3.63, 3.8) is 0 Å². The minimum absolute atomic E-state index is 0.0565. The van der Waals surface area contributed by atoms with Gasteiger partial charge in [-0.15, -0.1) is 0 Å². The fourth-order valence-electron chi connectivity index (χ4n) is 1.99. The fourth-order valence-corrected chi connectivity index (χ4v) is 1.99. The number of benzene rings is 2. The quantitative estimate of drug-likeness (QED) is 0.645. The number of ether oxygens (including phenoxy) is 2. The number of nitrogens with two attached hydrogens (primary N) is 1. The van der Waals surface area contributed by atoms with Gasteiger partial charge in [-0.05, 0) is 25.5 Å². The summed E-state index contributed by atoms with van der Waals surface area (Å²) in [7, 11) is 0. The maximum Gasteiger partial charge on any atom is 0.189 e. The second-order valence-electron chi connectivity index (χ2n) is 4.93. The standard InChI is InChI=1S/C17H21NO2/c1-13-8-9-17(16(10-13)14(2)18)20-12-19-11-15-6-4-3-5-7-15/h3-10,14H,11-12,18H2,1-2H3/t14-/m1/s1. The molecule has 0 unspecified atom stereocenters. The molecule has 2 rings (SSSR count). The summed E-state index contributed by atoms with van der Waals surface area (Å²) >= 11 is 0. The first kappa shape index (κ1) is 14.6. The summed E-state index contributed by atoms with van der Waals surface area (Å²) in [5.41, 5.74) is 9.27. The van der Waals surface area contributed by atoms with E-state index in [0.717, 1.165) is 16.9 Å². The van der Waals surface area contributed by atoms with E-state index in [1.165, 1.54) is 5.56 Å². The highest BCUT2D eigenvalue weighted by molar-refractivity contribution is 5.38. The highest BCUT2D eigenvalue weighted by atomic mass is 16.7. The molecule has 0 aromatic heterocycles. The SMILES string of the molecule is Cc1ccc(OCOCc2ccccc2)c([C@@H](C)N)c1. The van der Waals surface area contributed by atoms with Gasteiger partial charge in [0.2, 0.25) is 0 Å². The molecular weight excluding hydrogens is 250 g/mol. The van der Waals surface area contributed by atoms with E-state index < -0.39 is 0 Å². The minimum Gasteiger partial charge on any atom is -0.467 e. The molecule has 20 heavy (non-hydrogen) atoms. The van der Waals surface area contributed by atoms with Crippen molar-refractivity contribution in [3.05, 3.63) is 65.2 Å². The molecule has 0 fully saturated rings. The molecule has 106 valence electrons. The van der Waals surface area contributed by atoms with Crippen LogP contribution in [0, 0.1) is 6.92 Å². The lowest BCUT2D eigenvalue weighted by molar-refractivity contribution is 0.00440. The summed E-state index contributed by atoms with van der Waals surface area (Å²) in [6.07, 6.45) is 0. The Balaban J connectivity index is 1.88. The zero-order valence-corrected chi connectivity index (χ0v) is 12.0. The molecule has 0 saturated carbocycles. The van der Waals surface area contributed by atoms with E-state index in [4.69, 9.17) is 15.2 Å². The summed E-state index contributed by atoms with van der Waals surface area (Å²) in [6, 6.07) is 16.0. The first-order chi connectivity index (χ1) is 9.66. The second kappa shape index (κ2) is 7.08. The molecule has 3 heteroatoms. The van der Waals surface area contributed by atoms with Crippen molar-refractivity contribution in [2.45, 2.75) is 26.5 Å². The highest BCUT2D eigenvalue weighted by Gasteiger charge is 2.08. The van der Waals surface area contributed by atoms with Crippen LogP contribution in [-0.4, -0.2) is 6.79 Å². The van der Waals surface area contributed by atoms with Crippen LogP contribution in [0.4, 0.5) is 0 Å². The van der Waals surface area contributed by atoms with E-state index in [2.05, 4.69) is 6.07 Å². The Labute approximate surface area is 120 Å². The van der Waals surface area contributed by atoms with Crippen LogP contribution in [0.5, 0.6) is 5.75 Å². The van der Waals surface area contributed by atoms with Crippen LogP contribution < -0.4 is 10.5 Å². The van der Waals surface area contributed by atoms with Gasteiger partial charge in [-0.2, -0.15) is 0 Å². The molecule has 1 atom stereocenters. The Morgan fingerprint density at radius 3 is 2.55 bits per heavy atom. The fraction of sp³-hybridized carbons (Fsp3) is 0.294. The monoisotopic (exact) mass is 271 g/mol. The maximum absolute atomic E-state index is 5.96. The Morgan fingerprint density at radius 1 is 1.10 bits per heavy atom. The number of hydrogen-bond acceptors (Lipinski definition) is 3. The molecule has 0 aliphatic carbocycles. The Kier molecular flexibility index (Phi) is 5.16. The lowest BCUT2D eigenvalue weighted by Crippen LogP contribution is -2.10. The predicted octanol–water partition coefficient (Wildman–Crippen LogP) is 3.57.